The zero-order valence-corrected chi connectivity index (χ0v) is 14.5. The third-order valence-corrected chi connectivity index (χ3v) is 3.54. The Morgan fingerprint density at radius 1 is 1.25 bits per heavy atom. The van der Waals surface area contributed by atoms with Crippen LogP contribution in [0.4, 0.5) is 5.69 Å². The van der Waals surface area contributed by atoms with Crippen LogP contribution >= 0.6 is 0 Å². The van der Waals surface area contributed by atoms with E-state index in [2.05, 4.69) is 10.6 Å². The number of carbonyl (C=O) groups excluding carboxylic acids is 2. The van der Waals surface area contributed by atoms with Crippen molar-refractivity contribution in [2.45, 2.75) is 45.2 Å². The lowest BCUT2D eigenvalue weighted by atomic mass is 10.1. The maximum absolute atomic E-state index is 12.0. The highest BCUT2D eigenvalue weighted by Gasteiger charge is 2.14. The molecule has 0 aliphatic heterocycles. The summed E-state index contributed by atoms with van der Waals surface area (Å²) >= 11 is 0. The lowest BCUT2D eigenvalue weighted by molar-refractivity contribution is -0.123. The second-order valence-electron chi connectivity index (χ2n) is 5.50. The lowest BCUT2D eigenvalue weighted by Crippen LogP contribution is -2.44. The molecule has 0 saturated carbocycles. The topological polar surface area (TPSA) is 93.5 Å². The van der Waals surface area contributed by atoms with Gasteiger partial charge in [-0.25, -0.2) is 0 Å². The van der Waals surface area contributed by atoms with Crippen molar-refractivity contribution >= 4 is 17.5 Å². The molecule has 0 aliphatic carbocycles. The Kier molecular flexibility index (Phi) is 8.57. The van der Waals surface area contributed by atoms with E-state index in [0.29, 0.717) is 12.1 Å². The lowest BCUT2D eigenvalue weighted by Gasteiger charge is -2.17. The first-order chi connectivity index (χ1) is 11.5. The molecule has 132 valence electrons. The number of hydrogen-bond donors (Lipinski definition) is 3. The van der Waals surface area contributed by atoms with Gasteiger partial charge >= 0.3 is 0 Å². The van der Waals surface area contributed by atoms with Crippen LogP contribution in [-0.2, 0) is 9.59 Å². The Bertz CT molecular complexity index is 555. The molecule has 0 bridgehead atoms. The highest BCUT2D eigenvalue weighted by molar-refractivity contribution is 5.99. The highest BCUT2D eigenvalue weighted by atomic mass is 16.5. The summed E-state index contributed by atoms with van der Waals surface area (Å²) in [6.07, 6.45) is 5.34. The van der Waals surface area contributed by atoms with Crippen LogP contribution in [0.1, 0.15) is 33.1 Å². The number of nitrogens with one attached hydrogen (secondary N) is 2. The first-order valence-electron chi connectivity index (χ1n) is 8.19. The molecule has 0 heterocycles. The quantitative estimate of drug-likeness (QED) is 0.604. The molecule has 2 amide bonds. The predicted octanol–water partition coefficient (Wildman–Crippen LogP) is 2.21. The molecule has 1 rings (SSSR count). The average Bonchev–Trinajstić information content (AvgIpc) is 2.59. The molecule has 0 spiro atoms. The molecule has 0 aliphatic rings. The summed E-state index contributed by atoms with van der Waals surface area (Å²) in [6.45, 7) is 3.88. The van der Waals surface area contributed by atoms with Gasteiger partial charge in [0.15, 0.2) is 0 Å². The maximum Gasteiger partial charge on any atom is 0.248 e. The number of nitrogens with two attached hydrogens (primary N) is 1. The van der Waals surface area contributed by atoms with Crippen LogP contribution in [0.3, 0.4) is 0 Å². The third kappa shape index (κ3) is 6.83. The molecular formula is C18H27N3O3. The zero-order chi connectivity index (χ0) is 17.9. The second kappa shape index (κ2) is 10.4. The van der Waals surface area contributed by atoms with Gasteiger partial charge in [0, 0.05) is 17.8 Å². The Morgan fingerprint density at radius 3 is 2.46 bits per heavy atom. The van der Waals surface area contributed by atoms with Crippen molar-refractivity contribution in [3.63, 3.8) is 0 Å². The van der Waals surface area contributed by atoms with Crippen molar-refractivity contribution < 1.29 is 14.3 Å². The van der Waals surface area contributed by atoms with Gasteiger partial charge in [0.1, 0.15) is 5.75 Å². The first-order valence-corrected chi connectivity index (χ1v) is 8.19. The van der Waals surface area contributed by atoms with Gasteiger partial charge in [0.2, 0.25) is 11.8 Å². The molecular weight excluding hydrogens is 306 g/mol. The van der Waals surface area contributed by atoms with Gasteiger partial charge in [-0.2, -0.15) is 0 Å². The van der Waals surface area contributed by atoms with Crippen LogP contribution in [0, 0.1) is 0 Å². The number of rotatable bonds is 9. The summed E-state index contributed by atoms with van der Waals surface area (Å²) < 4.78 is 5.07. The Balaban J connectivity index is 2.60. The minimum Gasteiger partial charge on any atom is -0.497 e. The van der Waals surface area contributed by atoms with Crippen molar-refractivity contribution in [3.8, 4) is 5.75 Å². The van der Waals surface area contributed by atoms with Crippen LogP contribution in [0.15, 0.2) is 36.4 Å². The molecule has 6 nitrogen and oxygen atoms in total. The van der Waals surface area contributed by atoms with Crippen LogP contribution in [0.5, 0.6) is 5.75 Å². The molecule has 2 unspecified atom stereocenters. The number of methoxy groups -OCH3 is 1. The zero-order valence-electron chi connectivity index (χ0n) is 14.5. The fourth-order valence-electron chi connectivity index (χ4n) is 2.06. The van der Waals surface area contributed by atoms with Gasteiger partial charge in [-0.3, -0.25) is 9.59 Å². The summed E-state index contributed by atoms with van der Waals surface area (Å²) in [4.78, 5) is 23.9. The molecule has 1 aromatic rings. The van der Waals surface area contributed by atoms with E-state index in [-0.39, 0.29) is 17.9 Å². The number of ether oxygens (including phenoxy) is 1. The molecule has 24 heavy (non-hydrogen) atoms. The Morgan fingerprint density at radius 2 is 1.92 bits per heavy atom. The highest BCUT2D eigenvalue weighted by Crippen LogP contribution is 2.14. The molecule has 2 atom stereocenters. The molecule has 0 aromatic heterocycles. The van der Waals surface area contributed by atoms with Gasteiger partial charge in [-0.15, -0.1) is 0 Å². The summed E-state index contributed by atoms with van der Waals surface area (Å²) in [5.41, 5.74) is 6.39. The van der Waals surface area contributed by atoms with E-state index in [1.165, 1.54) is 6.08 Å². The van der Waals surface area contributed by atoms with Crippen molar-refractivity contribution in [1.82, 2.24) is 5.32 Å². The van der Waals surface area contributed by atoms with E-state index in [9.17, 15) is 9.59 Å². The number of hydrogen-bond acceptors (Lipinski definition) is 4. The summed E-state index contributed by atoms with van der Waals surface area (Å²) in [5, 5.41) is 5.61. The predicted molar refractivity (Wildman–Crippen MR) is 95.9 cm³/mol. The molecule has 0 saturated heterocycles. The summed E-state index contributed by atoms with van der Waals surface area (Å²) in [5.74, 6) is 0.271. The van der Waals surface area contributed by atoms with E-state index >= 15 is 0 Å². The monoisotopic (exact) mass is 333 g/mol. The van der Waals surface area contributed by atoms with Gasteiger partial charge in [0.05, 0.1) is 13.2 Å². The number of carbonyl (C=O) groups is 2. The second-order valence-corrected chi connectivity index (χ2v) is 5.50. The van der Waals surface area contributed by atoms with Crippen LogP contribution in [0.2, 0.25) is 0 Å². The van der Waals surface area contributed by atoms with Crippen LogP contribution in [0.25, 0.3) is 0 Å². The van der Waals surface area contributed by atoms with Gasteiger partial charge < -0.3 is 21.1 Å². The molecule has 0 radical (unpaired) electrons. The minimum atomic E-state index is -0.522. The molecule has 6 heteroatoms. The molecule has 1 aromatic carbocycles. The maximum atomic E-state index is 12.0. The van der Waals surface area contributed by atoms with Crippen LogP contribution < -0.4 is 21.1 Å². The summed E-state index contributed by atoms with van der Waals surface area (Å²) in [7, 11) is 1.59. The first kappa shape index (κ1) is 19.7. The fourth-order valence-corrected chi connectivity index (χ4v) is 2.06. The van der Waals surface area contributed by atoms with Gasteiger partial charge in [0.25, 0.3) is 0 Å². The van der Waals surface area contributed by atoms with E-state index < -0.39 is 6.04 Å². The minimum absolute atomic E-state index is 0.198. The fraction of sp³-hybridized carbons (Fsp3) is 0.444. The normalized spacial score (nSPS) is 13.3. The van der Waals surface area contributed by atoms with Crippen molar-refractivity contribution in [3.05, 3.63) is 36.4 Å². The molecule has 0 fully saturated rings. The van der Waals surface area contributed by atoms with E-state index in [1.807, 2.05) is 13.8 Å². The van der Waals surface area contributed by atoms with E-state index in [1.54, 1.807) is 37.5 Å². The summed E-state index contributed by atoms with van der Waals surface area (Å²) in [6, 6.07) is 6.33. The van der Waals surface area contributed by atoms with Gasteiger partial charge in [-0.1, -0.05) is 26.3 Å². The number of anilines is 1. The molecule has 4 N–H and O–H groups in total. The van der Waals surface area contributed by atoms with Crippen LogP contribution in [-0.4, -0.2) is 31.0 Å². The number of benzene rings is 1. The average molecular weight is 333 g/mol. The van der Waals surface area contributed by atoms with Crippen molar-refractivity contribution in [2.75, 3.05) is 12.4 Å². The standard InChI is InChI=1S/C18H27N3O3/c1-4-6-13(21-18(23)16(19)5-2)9-12-17(22)20-14-7-10-15(24-3)11-8-14/h7-13,16H,4-6,19H2,1-3H3,(H,20,22)(H,21,23). The van der Waals surface area contributed by atoms with E-state index in [4.69, 9.17) is 10.5 Å². The van der Waals surface area contributed by atoms with Crippen molar-refractivity contribution in [2.24, 2.45) is 5.73 Å². The Labute approximate surface area is 143 Å². The van der Waals surface area contributed by atoms with E-state index in [0.717, 1.165) is 18.6 Å². The SMILES string of the molecule is CCCC(C=CC(=O)Nc1ccc(OC)cc1)NC(=O)C(N)CC. The smallest absolute Gasteiger partial charge is 0.248 e. The number of amides is 2. The third-order valence-electron chi connectivity index (χ3n) is 3.54. The largest absolute Gasteiger partial charge is 0.497 e. The van der Waals surface area contributed by atoms with Gasteiger partial charge in [-0.05, 0) is 37.1 Å². The Hall–Kier alpha value is -2.34. The van der Waals surface area contributed by atoms with Crippen molar-refractivity contribution in [1.29, 1.82) is 0 Å².